The van der Waals surface area contributed by atoms with Crippen LogP contribution in [0.5, 0.6) is 0 Å². The highest BCUT2D eigenvalue weighted by molar-refractivity contribution is 7.99. The summed E-state index contributed by atoms with van der Waals surface area (Å²) in [6, 6.07) is 12.8. The standard InChI is InChI=1S/C19H42N.C14H10O4S/c1-5-6-7-8-9-10-11-12-13-14-15-16-17-18-19-20(2,3)4;15-13(16)9-5-1-3-7-11(9)19-12-8-4-2-6-10(12)14(17)18/h5-19H2,1-4H3;1-8H,(H,15,16)(H,17,18)/q+1;/p-1. The summed E-state index contributed by atoms with van der Waals surface area (Å²) in [4.78, 5) is 23.0. The molecule has 0 heterocycles. The highest BCUT2D eigenvalue weighted by atomic mass is 32.2. The van der Waals surface area contributed by atoms with Gasteiger partial charge in [0.2, 0.25) is 0 Å². The molecule has 6 heteroatoms. The van der Waals surface area contributed by atoms with Crippen molar-refractivity contribution in [3.05, 3.63) is 59.7 Å². The van der Waals surface area contributed by atoms with Crippen LogP contribution < -0.4 is 5.11 Å². The van der Waals surface area contributed by atoms with E-state index in [0.29, 0.717) is 9.79 Å². The van der Waals surface area contributed by atoms with E-state index in [0.717, 1.165) is 16.2 Å². The van der Waals surface area contributed by atoms with Crippen LogP contribution in [0.1, 0.15) is 118 Å². The van der Waals surface area contributed by atoms with Crippen LogP contribution in [-0.2, 0) is 0 Å². The SMILES string of the molecule is CCCCCCCCCCCCCCCC[N+](C)(C)C.O=C([O-])c1ccccc1Sc1ccccc1C(=O)O. The Kier molecular flexibility index (Phi) is 18.3. The number of carbonyl (C=O) groups excluding carboxylic acids is 1. The summed E-state index contributed by atoms with van der Waals surface area (Å²) < 4.78 is 1.12. The molecule has 0 bridgehead atoms. The van der Waals surface area contributed by atoms with Crippen molar-refractivity contribution < 1.29 is 24.3 Å². The third-order valence-corrected chi connectivity index (χ3v) is 7.78. The molecule has 0 fully saturated rings. The van der Waals surface area contributed by atoms with E-state index in [1.54, 1.807) is 36.4 Å². The molecule has 0 aliphatic heterocycles. The molecule has 1 N–H and O–H groups in total. The van der Waals surface area contributed by atoms with Gasteiger partial charge in [-0.3, -0.25) is 0 Å². The lowest BCUT2D eigenvalue weighted by Gasteiger charge is -2.23. The lowest BCUT2D eigenvalue weighted by Crippen LogP contribution is -2.35. The minimum atomic E-state index is -1.28. The Balaban J connectivity index is 0.000000390. The van der Waals surface area contributed by atoms with Gasteiger partial charge < -0.3 is 19.5 Å². The van der Waals surface area contributed by atoms with Gasteiger partial charge in [0.1, 0.15) is 0 Å². The first kappa shape index (κ1) is 34.7. The predicted octanol–water partition coefficient (Wildman–Crippen LogP) is 8.07. The summed E-state index contributed by atoms with van der Waals surface area (Å²) in [6.45, 7) is 3.63. The number of benzene rings is 2. The van der Waals surface area contributed by atoms with Crippen molar-refractivity contribution in [3.63, 3.8) is 0 Å². The third-order valence-electron chi connectivity index (χ3n) is 6.63. The molecular formula is C33H51NO4S. The van der Waals surface area contributed by atoms with Crippen LogP contribution in [0.25, 0.3) is 0 Å². The average molecular weight is 558 g/mol. The Morgan fingerprint density at radius 1 is 0.667 bits per heavy atom. The van der Waals surface area contributed by atoms with E-state index in [-0.39, 0.29) is 11.1 Å². The summed E-state index contributed by atoms with van der Waals surface area (Å²) in [7, 11) is 6.88. The van der Waals surface area contributed by atoms with Crippen LogP contribution in [0.4, 0.5) is 0 Å². The molecule has 0 amide bonds. The second-order valence-corrected chi connectivity index (χ2v) is 12.4. The predicted molar refractivity (Wildman–Crippen MR) is 162 cm³/mol. The minimum absolute atomic E-state index is 0.0488. The van der Waals surface area contributed by atoms with Crippen LogP contribution in [-0.4, -0.2) is 49.2 Å². The Bertz CT molecular complexity index is 899. The number of hydrogen-bond acceptors (Lipinski definition) is 4. The summed E-state index contributed by atoms with van der Waals surface area (Å²) in [5.41, 5.74) is 0.188. The van der Waals surface area contributed by atoms with E-state index in [4.69, 9.17) is 5.11 Å². The second-order valence-electron chi connectivity index (χ2n) is 11.3. The summed E-state index contributed by atoms with van der Waals surface area (Å²) >= 11 is 1.10. The van der Waals surface area contributed by atoms with Crippen molar-refractivity contribution in [1.29, 1.82) is 0 Å². The van der Waals surface area contributed by atoms with Crippen molar-refractivity contribution in [2.24, 2.45) is 0 Å². The van der Waals surface area contributed by atoms with Gasteiger partial charge in [-0.2, -0.15) is 0 Å². The minimum Gasteiger partial charge on any atom is -0.545 e. The second kappa shape index (κ2) is 20.6. The molecule has 2 rings (SSSR count). The Morgan fingerprint density at radius 2 is 1.05 bits per heavy atom. The van der Waals surface area contributed by atoms with Crippen LogP contribution >= 0.6 is 11.8 Å². The van der Waals surface area contributed by atoms with E-state index in [1.807, 2.05) is 0 Å². The molecule has 0 radical (unpaired) electrons. The van der Waals surface area contributed by atoms with E-state index >= 15 is 0 Å². The molecule has 0 aliphatic rings. The Morgan fingerprint density at radius 3 is 1.46 bits per heavy atom. The van der Waals surface area contributed by atoms with Gasteiger partial charge in [0, 0.05) is 15.4 Å². The van der Waals surface area contributed by atoms with Crippen LogP contribution in [0.15, 0.2) is 58.3 Å². The Labute approximate surface area is 241 Å². The van der Waals surface area contributed by atoms with Gasteiger partial charge in [-0.25, -0.2) is 4.79 Å². The van der Waals surface area contributed by atoms with E-state index < -0.39 is 11.9 Å². The molecule has 0 atom stereocenters. The number of carboxylic acids is 2. The molecule has 2 aromatic rings. The molecule has 0 aromatic heterocycles. The topological polar surface area (TPSA) is 77.4 Å². The lowest BCUT2D eigenvalue weighted by atomic mass is 10.0. The van der Waals surface area contributed by atoms with E-state index in [9.17, 15) is 14.7 Å². The highest BCUT2D eigenvalue weighted by Crippen LogP contribution is 2.32. The van der Waals surface area contributed by atoms with Crippen molar-refractivity contribution in [2.75, 3.05) is 27.7 Å². The van der Waals surface area contributed by atoms with Gasteiger partial charge in [0.05, 0.1) is 39.2 Å². The van der Waals surface area contributed by atoms with Crippen LogP contribution in [0.2, 0.25) is 0 Å². The lowest BCUT2D eigenvalue weighted by molar-refractivity contribution is -0.870. The van der Waals surface area contributed by atoms with E-state index in [2.05, 4.69) is 28.1 Å². The first-order valence-corrected chi connectivity index (χ1v) is 15.6. The largest absolute Gasteiger partial charge is 0.545 e. The van der Waals surface area contributed by atoms with Gasteiger partial charge in [-0.15, -0.1) is 0 Å². The maximum Gasteiger partial charge on any atom is 0.336 e. The molecule has 0 unspecified atom stereocenters. The maximum absolute atomic E-state index is 11.1. The molecule has 2 aromatic carbocycles. The number of carbonyl (C=O) groups is 2. The number of hydrogen-bond donors (Lipinski definition) is 1. The zero-order valence-corrected chi connectivity index (χ0v) is 25.6. The van der Waals surface area contributed by atoms with Gasteiger partial charge in [-0.1, -0.05) is 126 Å². The van der Waals surface area contributed by atoms with Crippen molar-refractivity contribution >= 4 is 23.7 Å². The van der Waals surface area contributed by atoms with Gasteiger partial charge >= 0.3 is 5.97 Å². The number of unbranched alkanes of at least 4 members (excludes halogenated alkanes) is 13. The van der Waals surface area contributed by atoms with Crippen molar-refractivity contribution in [2.45, 2.75) is 107 Å². The average Bonchev–Trinajstić information content (AvgIpc) is 2.89. The molecule has 0 saturated carbocycles. The van der Waals surface area contributed by atoms with Gasteiger partial charge in [0.15, 0.2) is 0 Å². The number of quaternary nitrogens is 1. The summed E-state index contributed by atoms with van der Waals surface area (Å²) in [5, 5.41) is 20.1. The smallest absolute Gasteiger partial charge is 0.336 e. The number of carboxylic acid groups (broad SMARTS) is 2. The van der Waals surface area contributed by atoms with Gasteiger partial charge in [0.25, 0.3) is 0 Å². The number of rotatable bonds is 19. The van der Waals surface area contributed by atoms with Gasteiger partial charge in [-0.05, 0) is 31.0 Å². The number of aromatic carboxylic acids is 2. The fraction of sp³-hybridized carbons (Fsp3) is 0.576. The highest BCUT2D eigenvalue weighted by Gasteiger charge is 2.12. The molecule has 39 heavy (non-hydrogen) atoms. The normalized spacial score (nSPS) is 11.1. The molecule has 0 aliphatic carbocycles. The third kappa shape index (κ3) is 17.1. The zero-order valence-electron chi connectivity index (χ0n) is 24.8. The molecule has 5 nitrogen and oxygen atoms in total. The number of nitrogens with zero attached hydrogens (tertiary/aromatic N) is 1. The quantitative estimate of drug-likeness (QED) is 0.140. The first-order chi connectivity index (χ1) is 18.7. The fourth-order valence-corrected chi connectivity index (χ4v) is 5.41. The first-order valence-electron chi connectivity index (χ1n) is 14.8. The van der Waals surface area contributed by atoms with E-state index in [1.165, 1.54) is 109 Å². The monoisotopic (exact) mass is 557 g/mol. The maximum atomic E-state index is 11.1. The summed E-state index contributed by atoms with van der Waals surface area (Å²) in [6.07, 6.45) is 20.4. The zero-order chi connectivity index (χ0) is 28.9. The van der Waals surface area contributed by atoms with Crippen molar-refractivity contribution in [1.82, 2.24) is 0 Å². The van der Waals surface area contributed by atoms with Crippen LogP contribution in [0, 0.1) is 0 Å². The molecule has 0 spiro atoms. The van der Waals surface area contributed by atoms with Crippen LogP contribution in [0.3, 0.4) is 0 Å². The fourth-order valence-electron chi connectivity index (χ4n) is 4.36. The molecule has 218 valence electrons. The Hall–Kier alpha value is -2.31. The molecular weight excluding hydrogens is 506 g/mol. The van der Waals surface area contributed by atoms with Crippen molar-refractivity contribution in [3.8, 4) is 0 Å². The molecule has 0 saturated heterocycles. The summed E-state index contributed by atoms with van der Waals surface area (Å²) in [5.74, 6) is -2.33.